The van der Waals surface area contributed by atoms with Crippen molar-refractivity contribution in [3.63, 3.8) is 0 Å². The van der Waals surface area contributed by atoms with Gasteiger partial charge in [0.1, 0.15) is 5.75 Å². The van der Waals surface area contributed by atoms with Crippen LogP contribution < -0.4 is 19.5 Å². The highest BCUT2D eigenvalue weighted by Gasteiger charge is 2.18. The minimum absolute atomic E-state index is 0.632. The lowest BCUT2D eigenvalue weighted by molar-refractivity contribution is 0.306. The number of hydrogen-bond acceptors (Lipinski definition) is 4. The van der Waals surface area contributed by atoms with Crippen molar-refractivity contribution in [3.05, 3.63) is 17.7 Å². The summed E-state index contributed by atoms with van der Waals surface area (Å²) in [5, 5.41) is 3.46. The maximum absolute atomic E-state index is 5.66. The second kappa shape index (κ2) is 7.39. The molecule has 2 rings (SSSR count). The van der Waals surface area contributed by atoms with Crippen molar-refractivity contribution in [1.82, 2.24) is 5.32 Å². The number of nitrogens with one attached hydrogen (secondary N) is 1. The van der Waals surface area contributed by atoms with Crippen LogP contribution in [0.25, 0.3) is 0 Å². The average molecular weight is 279 g/mol. The fourth-order valence-electron chi connectivity index (χ4n) is 2.77. The van der Waals surface area contributed by atoms with Crippen molar-refractivity contribution in [1.29, 1.82) is 0 Å². The van der Waals surface area contributed by atoms with Gasteiger partial charge in [-0.25, -0.2) is 0 Å². The maximum Gasteiger partial charge on any atom is 0.164 e. The largest absolute Gasteiger partial charge is 0.496 e. The van der Waals surface area contributed by atoms with Crippen LogP contribution in [0.2, 0.25) is 0 Å². The van der Waals surface area contributed by atoms with Gasteiger partial charge in [-0.05, 0) is 56.8 Å². The number of methoxy groups -OCH3 is 2. The topological polar surface area (TPSA) is 39.7 Å². The third-order valence-corrected chi connectivity index (χ3v) is 3.77. The second-order valence-corrected chi connectivity index (χ2v) is 5.16. The van der Waals surface area contributed by atoms with E-state index in [2.05, 4.69) is 11.4 Å². The molecule has 1 saturated heterocycles. The molecular formula is C16H25NO3. The van der Waals surface area contributed by atoms with Crippen LogP contribution in [-0.2, 0) is 6.42 Å². The molecule has 1 fully saturated rings. The van der Waals surface area contributed by atoms with Crippen LogP contribution in [0.15, 0.2) is 12.1 Å². The first-order valence-corrected chi connectivity index (χ1v) is 7.36. The maximum atomic E-state index is 5.66. The normalized spacial score (nSPS) is 18.6. The zero-order chi connectivity index (χ0) is 14.4. The van der Waals surface area contributed by atoms with Crippen molar-refractivity contribution >= 4 is 0 Å². The smallest absolute Gasteiger partial charge is 0.164 e. The molecular weight excluding hydrogens is 254 g/mol. The Bertz CT molecular complexity index is 428. The van der Waals surface area contributed by atoms with Crippen LogP contribution in [0.3, 0.4) is 0 Å². The van der Waals surface area contributed by atoms with Crippen molar-refractivity contribution in [2.24, 2.45) is 5.92 Å². The predicted octanol–water partition coefficient (Wildman–Crippen LogP) is 2.64. The molecule has 1 aliphatic heterocycles. The second-order valence-electron chi connectivity index (χ2n) is 5.16. The fourth-order valence-corrected chi connectivity index (χ4v) is 2.77. The lowest BCUT2D eigenvalue weighted by atomic mass is 9.92. The molecule has 0 aliphatic carbocycles. The van der Waals surface area contributed by atoms with Crippen LogP contribution in [0.1, 0.15) is 25.3 Å². The molecule has 1 heterocycles. The van der Waals surface area contributed by atoms with Crippen LogP contribution >= 0.6 is 0 Å². The molecule has 1 unspecified atom stereocenters. The molecule has 0 saturated carbocycles. The SMILES string of the molecule is CCOc1cc(CC2CCCNC2)c(OC)cc1OC. The number of hydrogen-bond donors (Lipinski definition) is 1. The highest BCUT2D eigenvalue weighted by molar-refractivity contribution is 5.51. The van der Waals surface area contributed by atoms with Gasteiger partial charge in [-0.1, -0.05) is 0 Å². The molecule has 1 atom stereocenters. The van der Waals surface area contributed by atoms with E-state index in [1.807, 2.05) is 13.0 Å². The van der Waals surface area contributed by atoms with E-state index in [0.29, 0.717) is 12.5 Å². The summed E-state index contributed by atoms with van der Waals surface area (Å²) in [6, 6.07) is 3.99. The first kappa shape index (κ1) is 15.0. The van der Waals surface area contributed by atoms with Gasteiger partial charge in [0.2, 0.25) is 0 Å². The summed E-state index contributed by atoms with van der Waals surface area (Å²) in [6.07, 6.45) is 3.54. The van der Waals surface area contributed by atoms with E-state index in [4.69, 9.17) is 14.2 Å². The first-order chi connectivity index (χ1) is 9.78. The minimum atomic E-state index is 0.632. The van der Waals surface area contributed by atoms with Gasteiger partial charge in [0.25, 0.3) is 0 Å². The van der Waals surface area contributed by atoms with Gasteiger partial charge < -0.3 is 19.5 Å². The van der Waals surface area contributed by atoms with Crippen LogP contribution in [0.5, 0.6) is 17.2 Å². The monoisotopic (exact) mass is 279 g/mol. The Morgan fingerprint density at radius 2 is 1.95 bits per heavy atom. The summed E-state index contributed by atoms with van der Waals surface area (Å²) in [7, 11) is 3.36. The summed E-state index contributed by atoms with van der Waals surface area (Å²) in [4.78, 5) is 0. The number of benzene rings is 1. The van der Waals surface area contributed by atoms with E-state index < -0.39 is 0 Å². The van der Waals surface area contributed by atoms with Gasteiger partial charge >= 0.3 is 0 Å². The summed E-state index contributed by atoms with van der Waals surface area (Å²) >= 11 is 0. The standard InChI is InChI=1S/C16H25NO3/c1-4-20-16-9-13(8-12-6-5-7-17-11-12)14(18-2)10-15(16)19-3/h9-10,12,17H,4-8,11H2,1-3H3. The van der Waals surface area contributed by atoms with Crippen molar-refractivity contribution in [2.75, 3.05) is 33.9 Å². The lowest BCUT2D eigenvalue weighted by Gasteiger charge is -2.24. The van der Waals surface area contributed by atoms with Crippen LogP contribution in [0.4, 0.5) is 0 Å². The zero-order valence-electron chi connectivity index (χ0n) is 12.7. The summed E-state index contributed by atoms with van der Waals surface area (Å²) in [5.74, 6) is 3.08. The van der Waals surface area contributed by atoms with E-state index in [9.17, 15) is 0 Å². The molecule has 4 heteroatoms. The van der Waals surface area contributed by atoms with Gasteiger partial charge in [0.05, 0.1) is 20.8 Å². The highest BCUT2D eigenvalue weighted by atomic mass is 16.5. The van der Waals surface area contributed by atoms with E-state index >= 15 is 0 Å². The molecule has 0 amide bonds. The van der Waals surface area contributed by atoms with Crippen molar-refractivity contribution in [2.45, 2.75) is 26.2 Å². The van der Waals surface area contributed by atoms with Gasteiger partial charge in [0, 0.05) is 6.07 Å². The Morgan fingerprint density at radius 1 is 1.15 bits per heavy atom. The lowest BCUT2D eigenvalue weighted by Crippen LogP contribution is -2.30. The molecule has 4 nitrogen and oxygen atoms in total. The highest BCUT2D eigenvalue weighted by Crippen LogP contribution is 2.36. The molecule has 1 aromatic carbocycles. The summed E-state index contributed by atoms with van der Waals surface area (Å²) < 4.78 is 16.5. The Hall–Kier alpha value is -1.42. The van der Waals surface area contributed by atoms with Gasteiger partial charge in [-0.15, -0.1) is 0 Å². The molecule has 0 radical (unpaired) electrons. The fraction of sp³-hybridized carbons (Fsp3) is 0.625. The van der Waals surface area contributed by atoms with E-state index in [0.717, 1.165) is 36.8 Å². The van der Waals surface area contributed by atoms with Crippen molar-refractivity contribution in [3.8, 4) is 17.2 Å². The summed E-state index contributed by atoms with van der Waals surface area (Å²) in [5.41, 5.74) is 1.20. The minimum Gasteiger partial charge on any atom is -0.496 e. The van der Waals surface area contributed by atoms with E-state index in [1.165, 1.54) is 18.4 Å². The van der Waals surface area contributed by atoms with Gasteiger partial charge in [-0.3, -0.25) is 0 Å². The molecule has 20 heavy (non-hydrogen) atoms. The Labute approximate surface area is 121 Å². The van der Waals surface area contributed by atoms with Crippen LogP contribution in [0, 0.1) is 5.92 Å². The third-order valence-electron chi connectivity index (χ3n) is 3.77. The molecule has 0 bridgehead atoms. The van der Waals surface area contributed by atoms with E-state index in [-0.39, 0.29) is 0 Å². The number of rotatable bonds is 6. The Balaban J connectivity index is 2.22. The number of ether oxygens (including phenoxy) is 3. The predicted molar refractivity (Wildman–Crippen MR) is 80.0 cm³/mol. The Morgan fingerprint density at radius 3 is 2.55 bits per heavy atom. The molecule has 0 spiro atoms. The molecule has 0 aromatic heterocycles. The first-order valence-electron chi connectivity index (χ1n) is 7.36. The quantitative estimate of drug-likeness (QED) is 0.869. The Kier molecular flexibility index (Phi) is 5.53. The summed E-state index contributed by atoms with van der Waals surface area (Å²) in [6.45, 7) is 4.83. The van der Waals surface area contributed by atoms with Crippen LogP contribution in [-0.4, -0.2) is 33.9 Å². The average Bonchev–Trinajstić information content (AvgIpc) is 2.49. The third kappa shape index (κ3) is 3.57. The molecule has 1 N–H and O–H groups in total. The van der Waals surface area contributed by atoms with Gasteiger partial charge in [-0.2, -0.15) is 0 Å². The molecule has 112 valence electrons. The molecule has 1 aromatic rings. The van der Waals surface area contributed by atoms with Gasteiger partial charge in [0.15, 0.2) is 11.5 Å². The molecule has 1 aliphatic rings. The van der Waals surface area contributed by atoms with Crippen molar-refractivity contribution < 1.29 is 14.2 Å². The van der Waals surface area contributed by atoms with E-state index in [1.54, 1.807) is 14.2 Å². The number of piperidine rings is 1. The zero-order valence-corrected chi connectivity index (χ0v) is 12.7.